The van der Waals surface area contributed by atoms with Crippen LogP contribution in [0.15, 0.2) is 42.5 Å². The number of nitrogens with one attached hydrogen (secondary N) is 2. The summed E-state index contributed by atoms with van der Waals surface area (Å²) in [4.78, 5) is 6.15. The van der Waals surface area contributed by atoms with E-state index in [2.05, 4.69) is 9.97 Å². The first kappa shape index (κ1) is 10.6. The molecule has 0 radical (unpaired) electrons. The summed E-state index contributed by atoms with van der Waals surface area (Å²) in [5, 5.41) is 0.717. The largest absolute Gasteiger partial charge is 0.331 e. The predicted octanol–water partition coefficient (Wildman–Crippen LogP) is 4.55. The van der Waals surface area contributed by atoms with E-state index in [4.69, 9.17) is 23.8 Å². The number of hydrogen-bond donors (Lipinski definition) is 2. The van der Waals surface area contributed by atoms with Gasteiger partial charge in [0, 0.05) is 5.56 Å². The van der Waals surface area contributed by atoms with E-state index in [-0.39, 0.29) is 0 Å². The van der Waals surface area contributed by atoms with Crippen molar-refractivity contribution in [2.45, 2.75) is 0 Å². The van der Waals surface area contributed by atoms with Crippen molar-refractivity contribution < 1.29 is 0 Å². The zero-order valence-corrected chi connectivity index (χ0v) is 10.4. The Morgan fingerprint density at radius 3 is 2.29 bits per heavy atom. The van der Waals surface area contributed by atoms with E-state index < -0.39 is 0 Å². The lowest BCUT2D eigenvalue weighted by Crippen LogP contribution is -1.80. The van der Waals surface area contributed by atoms with Gasteiger partial charge in [-0.05, 0) is 29.9 Å². The number of hydrogen-bond acceptors (Lipinski definition) is 1. The lowest BCUT2D eigenvalue weighted by Gasteiger charge is -2.04. The molecule has 4 heteroatoms. The molecule has 0 fully saturated rings. The van der Waals surface area contributed by atoms with Crippen molar-refractivity contribution in [2.75, 3.05) is 0 Å². The standard InChI is InChI=1S/C13H9ClN2S/c14-10-7-12-11(15-13(17)16-12)6-9(10)8-4-2-1-3-5-8/h1-7H,(H2,15,16,17). The van der Waals surface area contributed by atoms with Gasteiger partial charge >= 0.3 is 0 Å². The minimum Gasteiger partial charge on any atom is -0.331 e. The van der Waals surface area contributed by atoms with Crippen molar-refractivity contribution in [3.63, 3.8) is 0 Å². The van der Waals surface area contributed by atoms with Crippen LogP contribution in [0.25, 0.3) is 22.2 Å². The van der Waals surface area contributed by atoms with Crippen molar-refractivity contribution in [1.82, 2.24) is 9.97 Å². The first-order chi connectivity index (χ1) is 8.24. The van der Waals surface area contributed by atoms with E-state index in [0.29, 0.717) is 9.79 Å². The van der Waals surface area contributed by atoms with Gasteiger partial charge in [-0.25, -0.2) is 0 Å². The first-order valence-electron chi connectivity index (χ1n) is 5.21. The van der Waals surface area contributed by atoms with Crippen molar-refractivity contribution in [2.24, 2.45) is 0 Å². The van der Waals surface area contributed by atoms with E-state index in [0.717, 1.165) is 22.2 Å². The number of benzene rings is 2. The monoisotopic (exact) mass is 260 g/mol. The second-order valence-electron chi connectivity index (χ2n) is 3.82. The Morgan fingerprint density at radius 1 is 0.941 bits per heavy atom. The number of halogens is 1. The molecule has 0 saturated heterocycles. The maximum absolute atomic E-state index is 6.28. The summed E-state index contributed by atoms with van der Waals surface area (Å²) in [6.45, 7) is 0. The highest BCUT2D eigenvalue weighted by atomic mass is 35.5. The van der Waals surface area contributed by atoms with Crippen molar-refractivity contribution in [1.29, 1.82) is 0 Å². The molecule has 0 saturated carbocycles. The zero-order chi connectivity index (χ0) is 11.8. The molecule has 3 rings (SSSR count). The maximum Gasteiger partial charge on any atom is 0.175 e. The Bertz CT molecular complexity index is 728. The van der Waals surface area contributed by atoms with Crippen LogP contribution in [0.5, 0.6) is 0 Å². The van der Waals surface area contributed by atoms with Crippen LogP contribution < -0.4 is 0 Å². The third kappa shape index (κ3) is 1.88. The molecular weight excluding hydrogens is 252 g/mol. The second kappa shape index (κ2) is 4.02. The molecule has 0 bridgehead atoms. The summed E-state index contributed by atoms with van der Waals surface area (Å²) in [6, 6.07) is 14.0. The zero-order valence-electron chi connectivity index (χ0n) is 8.83. The summed E-state index contributed by atoms with van der Waals surface area (Å²) < 4.78 is 0.612. The minimum absolute atomic E-state index is 0.612. The first-order valence-corrected chi connectivity index (χ1v) is 5.99. The predicted molar refractivity (Wildman–Crippen MR) is 73.9 cm³/mol. The van der Waals surface area contributed by atoms with Gasteiger partial charge < -0.3 is 9.97 Å². The fourth-order valence-electron chi connectivity index (χ4n) is 1.89. The molecule has 3 aromatic rings. The van der Waals surface area contributed by atoms with Crippen LogP contribution in [-0.4, -0.2) is 9.97 Å². The van der Waals surface area contributed by atoms with Crippen molar-refractivity contribution in [3.05, 3.63) is 52.3 Å². The second-order valence-corrected chi connectivity index (χ2v) is 4.64. The number of imidazole rings is 1. The number of rotatable bonds is 1. The Balaban J connectivity index is 2.30. The van der Waals surface area contributed by atoms with Crippen LogP contribution in [0, 0.1) is 4.77 Å². The molecular formula is C13H9ClN2S. The lowest BCUT2D eigenvalue weighted by atomic mass is 10.1. The Hall–Kier alpha value is -1.58. The van der Waals surface area contributed by atoms with Crippen LogP contribution in [0.2, 0.25) is 5.02 Å². The SMILES string of the molecule is S=c1[nH]c2cc(Cl)c(-c3ccccc3)cc2[nH]1. The van der Waals surface area contributed by atoms with Gasteiger partial charge in [0.05, 0.1) is 16.1 Å². The van der Waals surface area contributed by atoms with Crippen molar-refractivity contribution >= 4 is 34.9 Å². The van der Waals surface area contributed by atoms with Crippen LogP contribution in [0.1, 0.15) is 0 Å². The molecule has 0 amide bonds. The molecule has 17 heavy (non-hydrogen) atoms. The third-order valence-corrected chi connectivity index (χ3v) is 3.21. The van der Waals surface area contributed by atoms with Gasteiger partial charge in [-0.15, -0.1) is 0 Å². The Morgan fingerprint density at radius 2 is 1.59 bits per heavy atom. The average Bonchev–Trinajstić information content (AvgIpc) is 2.68. The van der Waals surface area contributed by atoms with Gasteiger partial charge in [0.2, 0.25) is 0 Å². The van der Waals surface area contributed by atoms with Gasteiger partial charge in [-0.3, -0.25) is 0 Å². The summed E-state index contributed by atoms with van der Waals surface area (Å²) in [5.74, 6) is 0. The summed E-state index contributed by atoms with van der Waals surface area (Å²) in [6.07, 6.45) is 0. The van der Waals surface area contributed by atoms with E-state index >= 15 is 0 Å². The van der Waals surface area contributed by atoms with Crippen LogP contribution in [0.4, 0.5) is 0 Å². The van der Waals surface area contributed by atoms with Gasteiger partial charge in [-0.1, -0.05) is 41.9 Å². The molecule has 0 spiro atoms. The summed E-state index contributed by atoms with van der Waals surface area (Å²) in [5.41, 5.74) is 4.00. The molecule has 2 aromatic carbocycles. The highest BCUT2D eigenvalue weighted by Gasteiger charge is 2.06. The molecule has 0 unspecified atom stereocenters. The molecule has 2 N–H and O–H groups in total. The lowest BCUT2D eigenvalue weighted by molar-refractivity contribution is 1.30. The fourth-order valence-corrected chi connectivity index (χ4v) is 2.39. The smallest absolute Gasteiger partial charge is 0.175 e. The Kier molecular flexibility index (Phi) is 2.50. The topological polar surface area (TPSA) is 31.6 Å². The minimum atomic E-state index is 0.612. The molecule has 0 aliphatic heterocycles. The number of aromatic nitrogens is 2. The van der Waals surface area contributed by atoms with Crippen LogP contribution in [-0.2, 0) is 0 Å². The van der Waals surface area contributed by atoms with Gasteiger partial charge in [0.15, 0.2) is 4.77 Å². The normalized spacial score (nSPS) is 10.9. The summed E-state index contributed by atoms with van der Waals surface area (Å²) in [7, 11) is 0. The number of H-pyrrole nitrogens is 2. The molecule has 1 aromatic heterocycles. The molecule has 0 aliphatic carbocycles. The van der Waals surface area contributed by atoms with Gasteiger partial charge in [0.25, 0.3) is 0 Å². The molecule has 1 heterocycles. The van der Waals surface area contributed by atoms with Crippen LogP contribution >= 0.6 is 23.8 Å². The van der Waals surface area contributed by atoms with E-state index in [9.17, 15) is 0 Å². The average molecular weight is 261 g/mol. The maximum atomic E-state index is 6.28. The third-order valence-electron chi connectivity index (χ3n) is 2.69. The van der Waals surface area contributed by atoms with Gasteiger partial charge in [-0.2, -0.15) is 0 Å². The quantitative estimate of drug-likeness (QED) is 0.618. The molecule has 84 valence electrons. The molecule has 2 nitrogen and oxygen atoms in total. The van der Waals surface area contributed by atoms with E-state index in [1.165, 1.54) is 0 Å². The van der Waals surface area contributed by atoms with Crippen LogP contribution in [0.3, 0.4) is 0 Å². The highest BCUT2D eigenvalue weighted by Crippen LogP contribution is 2.30. The fraction of sp³-hybridized carbons (Fsp3) is 0. The molecule has 0 aliphatic rings. The van der Waals surface area contributed by atoms with E-state index in [1.54, 1.807) is 0 Å². The summed E-state index contributed by atoms with van der Waals surface area (Å²) >= 11 is 11.3. The Labute approximate surface area is 108 Å². The van der Waals surface area contributed by atoms with Crippen molar-refractivity contribution in [3.8, 4) is 11.1 Å². The number of aromatic amines is 2. The van der Waals surface area contributed by atoms with E-state index in [1.807, 2.05) is 42.5 Å². The van der Waals surface area contributed by atoms with Gasteiger partial charge in [0.1, 0.15) is 0 Å². The number of fused-ring (bicyclic) bond motifs is 1. The highest BCUT2D eigenvalue weighted by molar-refractivity contribution is 7.71. The molecule has 0 atom stereocenters.